The quantitative estimate of drug-likeness (QED) is 0.555. The molecule has 98 valence electrons. The third-order valence-corrected chi connectivity index (χ3v) is 3.36. The van der Waals surface area contributed by atoms with E-state index in [4.69, 9.17) is 10.3 Å². The van der Waals surface area contributed by atoms with Crippen molar-refractivity contribution in [1.82, 2.24) is 15.0 Å². The molecule has 3 aromatic rings. The van der Waals surface area contributed by atoms with Gasteiger partial charge in [0.05, 0.1) is 18.2 Å². The van der Waals surface area contributed by atoms with Crippen molar-refractivity contribution in [2.24, 2.45) is 12.9 Å². The lowest BCUT2D eigenvalue weighted by Gasteiger charge is -2.13. The van der Waals surface area contributed by atoms with Gasteiger partial charge in [-0.3, -0.25) is 5.84 Å². The minimum absolute atomic E-state index is 0.209. The smallest absolute Gasteiger partial charge is 0.137 e. The monoisotopic (exact) mass is 256 g/mol. The van der Waals surface area contributed by atoms with Crippen LogP contribution in [0.25, 0.3) is 11.0 Å². The molecule has 3 N–H and O–H groups in total. The van der Waals surface area contributed by atoms with Crippen LogP contribution >= 0.6 is 0 Å². The number of hydrogen-bond acceptors (Lipinski definition) is 4. The van der Waals surface area contributed by atoms with Crippen LogP contribution in [-0.2, 0) is 7.05 Å². The molecule has 0 aliphatic carbocycles. The Kier molecular flexibility index (Phi) is 2.85. The third-order valence-electron chi connectivity index (χ3n) is 3.36. The molecule has 5 nitrogen and oxygen atoms in total. The Bertz CT molecular complexity index is 713. The lowest BCUT2D eigenvalue weighted by molar-refractivity contribution is 0.463. The Hall–Kier alpha value is -2.11. The maximum absolute atomic E-state index is 5.95. The van der Waals surface area contributed by atoms with E-state index in [0.29, 0.717) is 0 Å². The van der Waals surface area contributed by atoms with E-state index in [-0.39, 0.29) is 6.04 Å². The first kappa shape index (κ1) is 12.0. The first-order valence-corrected chi connectivity index (χ1v) is 6.12. The van der Waals surface area contributed by atoms with Gasteiger partial charge < -0.3 is 8.98 Å². The number of benzene rings is 1. The van der Waals surface area contributed by atoms with E-state index in [1.54, 1.807) is 12.5 Å². The molecule has 0 aliphatic rings. The van der Waals surface area contributed by atoms with Crippen LogP contribution in [0.4, 0.5) is 0 Å². The zero-order chi connectivity index (χ0) is 13.4. The summed E-state index contributed by atoms with van der Waals surface area (Å²) in [6.45, 7) is 2.03. The van der Waals surface area contributed by atoms with Crippen LogP contribution in [0.15, 0.2) is 41.2 Å². The summed E-state index contributed by atoms with van der Waals surface area (Å²) in [5, 5.41) is 1.08. The topological polar surface area (TPSA) is 69.0 Å². The van der Waals surface area contributed by atoms with Gasteiger partial charge in [0.15, 0.2) is 0 Å². The highest BCUT2D eigenvalue weighted by Gasteiger charge is 2.20. The van der Waals surface area contributed by atoms with E-state index in [9.17, 15) is 0 Å². The average Bonchev–Trinajstić information content (AvgIpc) is 2.99. The van der Waals surface area contributed by atoms with Crippen molar-refractivity contribution in [1.29, 1.82) is 0 Å². The van der Waals surface area contributed by atoms with Crippen LogP contribution in [-0.4, -0.2) is 9.55 Å². The molecule has 5 heteroatoms. The molecular weight excluding hydrogens is 240 g/mol. The number of fused-ring (bicyclic) bond motifs is 1. The molecule has 0 saturated heterocycles. The van der Waals surface area contributed by atoms with Crippen LogP contribution in [0.1, 0.15) is 23.1 Å². The minimum Gasteiger partial charge on any atom is -0.459 e. The zero-order valence-electron chi connectivity index (χ0n) is 10.9. The normalized spacial score (nSPS) is 13.0. The molecule has 0 radical (unpaired) electrons. The van der Waals surface area contributed by atoms with Crippen molar-refractivity contribution in [2.75, 3.05) is 0 Å². The van der Waals surface area contributed by atoms with E-state index in [1.807, 2.05) is 42.8 Å². The van der Waals surface area contributed by atoms with Gasteiger partial charge in [0, 0.05) is 12.4 Å². The number of rotatable bonds is 3. The molecule has 0 fully saturated rings. The molecule has 0 saturated carbocycles. The second kappa shape index (κ2) is 4.53. The number of nitrogens with zero attached hydrogens (tertiary/aromatic N) is 2. The number of hydrazine groups is 1. The summed E-state index contributed by atoms with van der Waals surface area (Å²) < 4.78 is 7.87. The minimum atomic E-state index is -0.209. The lowest BCUT2D eigenvalue weighted by atomic mass is 10.1. The van der Waals surface area contributed by atoms with Gasteiger partial charge in [0.2, 0.25) is 0 Å². The molecular formula is C14H16N4O. The molecule has 2 heterocycles. The number of hydrogen-bond donors (Lipinski definition) is 2. The molecule has 0 amide bonds. The fourth-order valence-electron chi connectivity index (χ4n) is 2.33. The van der Waals surface area contributed by atoms with Crippen LogP contribution in [0.3, 0.4) is 0 Å². The predicted octanol–water partition coefficient (Wildman–Crippen LogP) is 2.03. The predicted molar refractivity (Wildman–Crippen MR) is 73.3 cm³/mol. The van der Waals surface area contributed by atoms with Crippen molar-refractivity contribution < 1.29 is 4.42 Å². The molecule has 1 unspecified atom stereocenters. The standard InChI is InChI=1S/C14H16N4O/c1-9-4-3-5-10-6-12(19-14(9)10)13(17-15)11-7-16-8-18(11)2/h3-8,13,17H,15H2,1-2H3. The van der Waals surface area contributed by atoms with Crippen molar-refractivity contribution >= 4 is 11.0 Å². The SMILES string of the molecule is Cc1cccc2cc(C(NN)c3cncn3C)oc12. The van der Waals surface area contributed by atoms with E-state index >= 15 is 0 Å². The van der Waals surface area contributed by atoms with Gasteiger partial charge in [-0.2, -0.15) is 0 Å². The van der Waals surface area contributed by atoms with Crippen molar-refractivity contribution in [2.45, 2.75) is 13.0 Å². The number of furan rings is 1. The summed E-state index contributed by atoms with van der Waals surface area (Å²) in [7, 11) is 1.93. The third kappa shape index (κ3) is 1.93. The first-order valence-electron chi connectivity index (χ1n) is 6.12. The Labute approximate surface area is 111 Å². The Morgan fingerprint density at radius 1 is 1.42 bits per heavy atom. The van der Waals surface area contributed by atoms with Crippen LogP contribution in [0, 0.1) is 6.92 Å². The van der Waals surface area contributed by atoms with Gasteiger partial charge in [-0.25, -0.2) is 10.4 Å². The Morgan fingerprint density at radius 2 is 2.26 bits per heavy atom. The summed E-state index contributed by atoms with van der Waals surface area (Å²) in [5.74, 6) is 6.46. The van der Waals surface area contributed by atoms with Crippen molar-refractivity contribution in [3.8, 4) is 0 Å². The van der Waals surface area contributed by atoms with Gasteiger partial charge in [-0.05, 0) is 18.6 Å². The fourth-order valence-corrected chi connectivity index (χ4v) is 2.33. The molecule has 1 aromatic carbocycles. The summed E-state index contributed by atoms with van der Waals surface area (Å²) in [6.07, 6.45) is 3.53. The van der Waals surface area contributed by atoms with Gasteiger partial charge >= 0.3 is 0 Å². The zero-order valence-corrected chi connectivity index (χ0v) is 10.9. The highest BCUT2D eigenvalue weighted by atomic mass is 16.3. The maximum Gasteiger partial charge on any atom is 0.137 e. The highest BCUT2D eigenvalue weighted by Crippen LogP contribution is 2.29. The van der Waals surface area contributed by atoms with Gasteiger partial charge in [-0.1, -0.05) is 18.2 Å². The van der Waals surface area contributed by atoms with E-state index in [2.05, 4.69) is 10.4 Å². The number of aryl methyl sites for hydroxylation is 2. The summed E-state index contributed by atoms with van der Waals surface area (Å²) in [6, 6.07) is 7.89. The summed E-state index contributed by atoms with van der Waals surface area (Å²) in [5.41, 5.74) is 5.76. The first-order chi connectivity index (χ1) is 9.20. The van der Waals surface area contributed by atoms with Crippen LogP contribution in [0.2, 0.25) is 0 Å². The number of nitrogens with two attached hydrogens (primary N) is 1. The Morgan fingerprint density at radius 3 is 2.89 bits per heavy atom. The molecule has 0 bridgehead atoms. The fraction of sp³-hybridized carbons (Fsp3) is 0.214. The number of nitrogens with one attached hydrogen (secondary N) is 1. The van der Waals surface area contributed by atoms with Gasteiger partial charge in [0.1, 0.15) is 17.4 Å². The second-order valence-corrected chi connectivity index (χ2v) is 4.67. The van der Waals surface area contributed by atoms with E-state index in [1.165, 1.54) is 0 Å². The van der Waals surface area contributed by atoms with Gasteiger partial charge in [0.25, 0.3) is 0 Å². The molecule has 0 spiro atoms. The molecule has 3 rings (SSSR count). The lowest BCUT2D eigenvalue weighted by Crippen LogP contribution is -2.29. The van der Waals surface area contributed by atoms with E-state index in [0.717, 1.165) is 28.0 Å². The number of aromatic nitrogens is 2. The number of para-hydroxylation sites is 1. The van der Waals surface area contributed by atoms with Crippen LogP contribution < -0.4 is 11.3 Å². The molecule has 0 aliphatic heterocycles. The maximum atomic E-state index is 5.95. The van der Waals surface area contributed by atoms with Crippen molar-refractivity contribution in [3.63, 3.8) is 0 Å². The average molecular weight is 256 g/mol. The van der Waals surface area contributed by atoms with E-state index < -0.39 is 0 Å². The van der Waals surface area contributed by atoms with Crippen LogP contribution in [0.5, 0.6) is 0 Å². The highest BCUT2D eigenvalue weighted by molar-refractivity contribution is 5.81. The summed E-state index contributed by atoms with van der Waals surface area (Å²) in [4.78, 5) is 4.11. The molecule has 19 heavy (non-hydrogen) atoms. The molecule has 2 aromatic heterocycles. The number of imidazole rings is 1. The van der Waals surface area contributed by atoms with Crippen molar-refractivity contribution in [3.05, 3.63) is 53.8 Å². The van der Waals surface area contributed by atoms with Gasteiger partial charge in [-0.15, -0.1) is 0 Å². The Balaban J connectivity index is 2.12. The summed E-state index contributed by atoms with van der Waals surface area (Å²) >= 11 is 0. The second-order valence-electron chi connectivity index (χ2n) is 4.67. The molecule has 1 atom stereocenters. The largest absolute Gasteiger partial charge is 0.459 e.